The van der Waals surface area contributed by atoms with Gasteiger partial charge in [0.25, 0.3) is 0 Å². The topological polar surface area (TPSA) is 68.0 Å². The Morgan fingerprint density at radius 1 is 1.73 bits per heavy atom. The first kappa shape index (κ1) is 11.9. The molecule has 0 bridgehead atoms. The number of halogens is 1. The van der Waals surface area contributed by atoms with Crippen LogP contribution in [0.1, 0.15) is 19.8 Å². The van der Waals surface area contributed by atoms with E-state index in [1.54, 1.807) is 18.3 Å². The second-order valence-corrected chi connectivity index (χ2v) is 3.63. The molecule has 82 valence electrons. The van der Waals surface area contributed by atoms with E-state index < -0.39 is 6.04 Å². The summed E-state index contributed by atoms with van der Waals surface area (Å²) < 4.78 is 0. The fraction of sp³-hybridized carbons (Fsp3) is 0.400. The van der Waals surface area contributed by atoms with Gasteiger partial charge in [0.05, 0.1) is 11.1 Å². The van der Waals surface area contributed by atoms with Gasteiger partial charge in [-0.25, -0.2) is 4.98 Å². The van der Waals surface area contributed by atoms with Crippen LogP contribution in [0.5, 0.6) is 0 Å². The molecule has 4 nitrogen and oxygen atoms in total. The van der Waals surface area contributed by atoms with Crippen LogP contribution in [-0.2, 0) is 4.79 Å². The van der Waals surface area contributed by atoms with Crippen molar-refractivity contribution in [1.82, 2.24) is 4.98 Å². The molecule has 0 saturated heterocycles. The van der Waals surface area contributed by atoms with Gasteiger partial charge in [-0.05, 0) is 18.6 Å². The molecule has 1 heterocycles. The molecule has 0 aliphatic carbocycles. The van der Waals surface area contributed by atoms with Crippen molar-refractivity contribution in [2.75, 3.05) is 5.32 Å². The van der Waals surface area contributed by atoms with Crippen LogP contribution in [0.15, 0.2) is 18.3 Å². The van der Waals surface area contributed by atoms with E-state index in [1.165, 1.54) is 0 Å². The Morgan fingerprint density at radius 2 is 2.47 bits per heavy atom. The van der Waals surface area contributed by atoms with Gasteiger partial charge in [-0.1, -0.05) is 24.9 Å². The van der Waals surface area contributed by atoms with Gasteiger partial charge in [-0.2, -0.15) is 0 Å². The predicted octanol–water partition coefficient (Wildman–Crippen LogP) is 1.80. The number of nitrogens with two attached hydrogens (primary N) is 1. The number of nitrogens with zero attached hydrogens (tertiary/aromatic N) is 1. The van der Waals surface area contributed by atoms with E-state index in [0.717, 1.165) is 6.42 Å². The Bertz CT molecular complexity index is 343. The van der Waals surface area contributed by atoms with Crippen LogP contribution in [0, 0.1) is 0 Å². The Balaban J connectivity index is 2.62. The standard InChI is InChI=1S/C10H14ClN3O/c1-2-4-8(12)10(15)14-9-7(11)5-3-6-13-9/h3,5-6,8H,2,4,12H2,1H3,(H,13,14,15)/t8-/m1/s1. The van der Waals surface area contributed by atoms with Gasteiger partial charge in [-0.3, -0.25) is 4.79 Å². The number of pyridine rings is 1. The highest BCUT2D eigenvalue weighted by atomic mass is 35.5. The molecule has 0 saturated carbocycles. The highest BCUT2D eigenvalue weighted by Gasteiger charge is 2.13. The molecule has 1 aromatic heterocycles. The van der Waals surface area contributed by atoms with Gasteiger partial charge in [-0.15, -0.1) is 0 Å². The highest BCUT2D eigenvalue weighted by molar-refractivity contribution is 6.33. The van der Waals surface area contributed by atoms with E-state index in [-0.39, 0.29) is 5.91 Å². The van der Waals surface area contributed by atoms with Crippen LogP contribution in [-0.4, -0.2) is 16.9 Å². The summed E-state index contributed by atoms with van der Waals surface area (Å²) in [6.45, 7) is 1.97. The first-order valence-electron chi connectivity index (χ1n) is 4.82. The molecule has 0 aromatic carbocycles. The predicted molar refractivity (Wildman–Crippen MR) is 60.8 cm³/mol. The van der Waals surface area contributed by atoms with Crippen molar-refractivity contribution in [3.63, 3.8) is 0 Å². The van der Waals surface area contributed by atoms with Crippen molar-refractivity contribution in [3.05, 3.63) is 23.4 Å². The third-order valence-electron chi connectivity index (χ3n) is 1.94. The number of hydrogen-bond donors (Lipinski definition) is 2. The summed E-state index contributed by atoms with van der Waals surface area (Å²) in [6.07, 6.45) is 3.08. The molecule has 0 fully saturated rings. The van der Waals surface area contributed by atoms with Crippen LogP contribution in [0.3, 0.4) is 0 Å². The quantitative estimate of drug-likeness (QED) is 0.824. The first-order valence-corrected chi connectivity index (χ1v) is 5.20. The van der Waals surface area contributed by atoms with Crippen LogP contribution in [0.4, 0.5) is 5.82 Å². The maximum atomic E-state index is 11.5. The van der Waals surface area contributed by atoms with Gasteiger partial charge < -0.3 is 11.1 Å². The molecule has 0 aliphatic heterocycles. The number of anilines is 1. The molecule has 0 spiro atoms. The summed E-state index contributed by atoms with van der Waals surface area (Å²) in [6, 6.07) is 2.85. The first-order chi connectivity index (χ1) is 7.15. The minimum Gasteiger partial charge on any atom is -0.320 e. The van der Waals surface area contributed by atoms with E-state index in [1.807, 2.05) is 6.92 Å². The van der Waals surface area contributed by atoms with Crippen LogP contribution < -0.4 is 11.1 Å². The lowest BCUT2D eigenvalue weighted by Gasteiger charge is -2.10. The van der Waals surface area contributed by atoms with Crippen molar-refractivity contribution < 1.29 is 4.79 Å². The molecule has 0 radical (unpaired) electrons. The maximum absolute atomic E-state index is 11.5. The van der Waals surface area contributed by atoms with E-state index >= 15 is 0 Å². The minimum atomic E-state index is -0.506. The number of carbonyl (C=O) groups excluding carboxylic acids is 1. The third-order valence-corrected chi connectivity index (χ3v) is 2.24. The average molecular weight is 228 g/mol. The maximum Gasteiger partial charge on any atom is 0.242 e. The smallest absolute Gasteiger partial charge is 0.242 e. The summed E-state index contributed by atoms with van der Waals surface area (Å²) in [7, 11) is 0. The Kier molecular flexibility index (Phi) is 4.52. The SMILES string of the molecule is CCC[C@@H](N)C(=O)Nc1ncccc1Cl. The monoisotopic (exact) mass is 227 g/mol. The zero-order chi connectivity index (χ0) is 11.3. The molecular formula is C10H14ClN3O. The third kappa shape index (κ3) is 3.49. The summed E-state index contributed by atoms with van der Waals surface area (Å²) in [5.74, 6) is 0.105. The largest absolute Gasteiger partial charge is 0.320 e. The summed E-state index contributed by atoms with van der Waals surface area (Å²) >= 11 is 5.83. The van der Waals surface area contributed by atoms with E-state index in [0.29, 0.717) is 17.3 Å². The summed E-state index contributed by atoms with van der Waals surface area (Å²) in [5.41, 5.74) is 5.64. The summed E-state index contributed by atoms with van der Waals surface area (Å²) in [4.78, 5) is 15.5. The highest BCUT2D eigenvalue weighted by Crippen LogP contribution is 2.17. The van der Waals surface area contributed by atoms with Crippen molar-refractivity contribution in [2.24, 2.45) is 5.73 Å². The molecule has 0 aliphatic rings. The van der Waals surface area contributed by atoms with Crippen molar-refractivity contribution >= 4 is 23.3 Å². The number of carbonyl (C=O) groups is 1. The van der Waals surface area contributed by atoms with Gasteiger partial charge in [0.2, 0.25) is 5.91 Å². The lowest BCUT2D eigenvalue weighted by molar-refractivity contribution is -0.117. The van der Waals surface area contributed by atoms with Crippen molar-refractivity contribution in [2.45, 2.75) is 25.8 Å². The molecule has 15 heavy (non-hydrogen) atoms. The van der Waals surface area contributed by atoms with Crippen LogP contribution in [0.25, 0.3) is 0 Å². The van der Waals surface area contributed by atoms with Gasteiger partial charge in [0.15, 0.2) is 5.82 Å². The lowest BCUT2D eigenvalue weighted by atomic mass is 10.2. The van der Waals surface area contributed by atoms with Crippen LogP contribution in [0.2, 0.25) is 5.02 Å². The number of aromatic nitrogens is 1. The van der Waals surface area contributed by atoms with E-state index in [9.17, 15) is 4.79 Å². The van der Waals surface area contributed by atoms with Gasteiger partial charge in [0, 0.05) is 6.20 Å². The molecule has 1 aromatic rings. The van der Waals surface area contributed by atoms with Gasteiger partial charge >= 0.3 is 0 Å². The number of amides is 1. The molecular weight excluding hydrogens is 214 g/mol. The van der Waals surface area contributed by atoms with Crippen molar-refractivity contribution in [1.29, 1.82) is 0 Å². The lowest BCUT2D eigenvalue weighted by Crippen LogP contribution is -2.35. The summed E-state index contributed by atoms with van der Waals surface area (Å²) in [5, 5.41) is 3.00. The normalized spacial score (nSPS) is 12.2. The molecule has 1 atom stereocenters. The second-order valence-electron chi connectivity index (χ2n) is 3.22. The Morgan fingerprint density at radius 3 is 3.07 bits per heavy atom. The molecule has 1 rings (SSSR count). The molecule has 0 unspecified atom stereocenters. The molecule has 1 amide bonds. The fourth-order valence-electron chi connectivity index (χ4n) is 1.13. The Labute approximate surface area is 93.8 Å². The minimum absolute atomic E-state index is 0.252. The molecule has 5 heteroatoms. The van der Waals surface area contributed by atoms with Crippen LogP contribution >= 0.6 is 11.6 Å². The zero-order valence-electron chi connectivity index (χ0n) is 8.53. The number of hydrogen-bond acceptors (Lipinski definition) is 3. The zero-order valence-corrected chi connectivity index (χ0v) is 9.29. The number of nitrogens with one attached hydrogen (secondary N) is 1. The number of rotatable bonds is 4. The van der Waals surface area contributed by atoms with Crippen molar-refractivity contribution in [3.8, 4) is 0 Å². The fourth-order valence-corrected chi connectivity index (χ4v) is 1.30. The molecule has 3 N–H and O–H groups in total. The average Bonchev–Trinajstić information content (AvgIpc) is 2.21. The van der Waals surface area contributed by atoms with E-state index in [4.69, 9.17) is 17.3 Å². The second kappa shape index (κ2) is 5.68. The van der Waals surface area contributed by atoms with E-state index in [2.05, 4.69) is 10.3 Å². The van der Waals surface area contributed by atoms with Gasteiger partial charge in [0.1, 0.15) is 0 Å². The Hall–Kier alpha value is -1.13.